The van der Waals surface area contributed by atoms with Crippen LogP contribution < -0.4 is 5.32 Å². The van der Waals surface area contributed by atoms with Crippen LogP contribution in [-0.4, -0.2) is 15.8 Å². The van der Waals surface area contributed by atoms with E-state index < -0.39 is 10.8 Å². The fraction of sp³-hybridized carbons (Fsp3) is 0. The maximum absolute atomic E-state index is 11.8. The van der Waals surface area contributed by atoms with Crippen molar-refractivity contribution in [3.63, 3.8) is 0 Å². The van der Waals surface area contributed by atoms with Gasteiger partial charge in [0, 0.05) is 6.07 Å². The summed E-state index contributed by atoms with van der Waals surface area (Å²) in [6.07, 6.45) is 1.35. The molecule has 2 aromatic rings. The third-order valence-corrected chi connectivity index (χ3v) is 3.17. The van der Waals surface area contributed by atoms with Gasteiger partial charge in [0.25, 0.3) is 5.91 Å². The van der Waals surface area contributed by atoms with Crippen LogP contribution in [-0.2, 0) is 0 Å². The molecule has 0 atom stereocenters. The highest BCUT2D eigenvalue weighted by Gasteiger charge is 2.15. The molecule has 0 aliphatic rings. The molecule has 0 fully saturated rings. The molecule has 7 nitrogen and oxygen atoms in total. The van der Waals surface area contributed by atoms with E-state index in [0.717, 1.165) is 11.3 Å². The SMILES string of the molecule is N#Cc1ccc(NC(=O)c2ccc([N+](=O)[O-])s2)cn1. The molecule has 0 unspecified atom stereocenters. The van der Waals surface area contributed by atoms with Crippen LogP contribution in [0, 0.1) is 21.4 Å². The minimum Gasteiger partial charge on any atom is -0.320 e. The Morgan fingerprint density at radius 3 is 2.74 bits per heavy atom. The highest BCUT2D eigenvalue weighted by Crippen LogP contribution is 2.24. The molecule has 0 radical (unpaired) electrons. The summed E-state index contributed by atoms with van der Waals surface area (Å²) in [4.78, 5) is 25.8. The van der Waals surface area contributed by atoms with Gasteiger partial charge in [-0.3, -0.25) is 14.9 Å². The lowest BCUT2D eigenvalue weighted by Crippen LogP contribution is -2.10. The number of aromatic nitrogens is 1. The smallest absolute Gasteiger partial charge is 0.320 e. The molecule has 94 valence electrons. The van der Waals surface area contributed by atoms with Crippen LogP contribution in [0.4, 0.5) is 10.7 Å². The van der Waals surface area contributed by atoms with Gasteiger partial charge in [0.1, 0.15) is 11.8 Å². The normalized spacial score (nSPS) is 9.63. The van der Waals surface area contributed by atoms with Gasteiger partial charge in [-0.15, -0.1) is 0 Å². The third kappa shape index (κ3) is 2.91. The lowest BCUT2D eigenvalue weighted by molar-refractivity contribution is -0.380. The van der Waals surface area contributed by atoms with E-state index in [1.165, 1.54) is 30.5 Å². The minimum absolute atomic E-state index is 0.0943. The van der Waals surface area contributed by atoms with Crippen molar-refractivity contribution < 1.29 is 9.72 Å². The second-order valence-corrected chi connectivity index (χ2v) is 4.46. The summed E-state index contributed by atoms with van der Waals surface area (Å²) < 4.78 is 0. The second kappa shape index (κ2) is 5.24. The van der Waals surface area contributed by atoms with Gasteiger partial charge in [0.15, 0.2) is 0 Å². The summed E-state index contributed by atoms with van der Waals surface area (Å²) in [5.41, 5.74) is 0.657. The number of nitro groups is 1. The molecule has 19 heavy (non-hydrogen) atoms. The lowest BCUT2D eigenvalue weighted by Gasteiger charge is -2.01. The van der Waals surface area contributed by atoms with Gasteiger partial charge >= 0.3 is 5.00 Å². The molecule has 0 spiro atoms. The van der Waals surface area contributed by atoms with Crippen molar-refractivity contribution in [3.05, 3.63) is 51.1 Å². The molecule has 1 amide bonds. The topological polar surface area (TPSA) is 109 Å². The van der Waals surface area contributed by atoms with Gasteiger partial charge < -0.3 is 5.32 Å². The average Bonchev–Trinajstić information content (AvgIpc) is 2.89. The minimum atomic E-state index is -0.551. The average molecular weight is 274 g/mol. The Morgan fingerprint density at radius 1 is 1.42 bits per heavy atom. The molecule has 0 aromatic carbocycles. The summed E-state index contributed by atoms with van der Waals surface area (Å²) in [7, 11) is 0. The zero-order chi connectivity index (χ0) is 13.8. The number of hydrogen-bond acceptors (Lipinski definition) is 6. The van der Waals surface area contributed by atoms with Crippen molar-refractivity contribution in [3.8, 4) is 6.07 Å². The molecule has 2 rings (SSSR count). The molecule has 0 aliphatic heterocycles. The van der Waals surface area contributed by atoms with E-state index in [-0.39, 0.29) is 15.6 Å². The zero-order valence-corrected chi connectivity index (χ0v) is 10.2. The quantitative estimate of drug-likeness (QED) is 0.681. The lowest BCUT2D eigenvalue weighted by atomic mass is 10.3. The molecule has 0 bridgehead atoms. The highest BCUT2D eigenvalue weighted by molar-refractivity contribution is 7.17. The first kappa shape index (κ1) is 12.7. The molecule has 8 heteroatoms. The standard InChI is InChI=1S/C11H6N4O3S/c12-5-7-1-2-8(6-13-7)14-11(16)9-3-4-10(19-9)15(17)18/h1-4,6H,(H,14,16). The van der Waals surface area contributed by atoms with Crippen molar-refractivity contribution in [2.75, 3.05) is 5.32 Å². The number of thiophene rings is 1. The number of amides is 1. The van der Waals surface area contributed by atoms with Gasteiger partial charge in [0.2, 0.25) is 0 Å². The maximum Gasteiger partial charge on any atom is 0.324 e. The number of carbonyl (C=O) groups excluding carboxylic acids is 1. The van der Waals surface area contributed by atoms with Gasteiger partial charge in [-0.2, -0.15) is 5.26 Å². The first-order chi connectivity index (χ1) is 9.10. The number of nitrogens with one attached hydrogen (secondary N) is 1. The highest BCUT2D eigenvalue weighted by atomic mass is 32.1. The fourth-order valence-electron chi connectivity index (χ4n) is 1.27. The Labute approximate surface area is 111 Å². The van der Waals surface area contributed by atoms with Gasteiger partial charge in [-0.25, -0.2) is 4.98 Å². The number of rotatable bonds is 3. The number of anilines is 1. The molecular formula is C11H6N4O3S. The van der Waals surface area contributed by atoms with E-state index in [9.17, 15) is 14.9 Å². The van der Waals surface area contributed by atoms with Crippen LogP contribution in [0.15, 0.2) is 30.5 Å². The number of pyridine rings is 1. The van der Waals surface area contributed by atoms with Crippen molar-refractivity contribution in [1.29, 1.82) is 5.26 Å². The van der Waals surface area contributed by atoms with Crippen molar-refractivity contribution >= 4 is 27.9 Å². The number of nitriles is 1. The molecule has 0 saturated carbocycles. The Morgan fingerprint density at radius 2 is 2.21 bits per heavy atom. The summed E-state index contributed by atoms with van der Waals surface area (Å²) in [6.45, 7) is 0. The fourth-order valence-corrected chi connectivity index (χ4v) is 1.99. The largest absolute Gasteiger partial charge is 0.324 e. The molecule has 2 heterocycles. The van der Waals surface area contributed by atoms with Crippen LogP contribution in [0.5, 0.6) is 0 Å². The summed E-state index contributed by atoms with van der Waals surface area (Å²) in [6, 6.07) is 7.51. The van der Waals surface area contributed by atoms with Crippen LogP contribution in [0.25, 0.3) is 0 Å². The Hall–Kier alpha value is -2.79. The predicted molar refractivity (Wildman–Crippen MR) is 67.9 cm³/mol. The number of hydrogen-bond donors (Lipinski definition) is 1. The van der Waals surface area contributed by atoms with Crippen molar-refractivity contribution in [2.45, 2.75) is 0 Å². The van der Waals surface area contributed by atoms with Gasteiger partial charge in [-0.05, 0) is 18.2 Å². The zero-order valence-electron chi connectivity index (χ0n) is 9.36. The predicted octanol–water partition coefficient (Wildman–Crippen LogP) is 2.18. The van der Waals surface area contributed by atoms with E-state index in [2.05, 4.69) is 10.3 Å². The van der Waals surface area contributed by atoms with Crippen molar-refractivity contribution in [2.24, 2.45) is 0 Å². The van der Waals surface area contributed by atoms with E-state index in [1.54, 1.807) is 0 Å². The van der Waals surface area contributed by atoms with E-state index >= 15 is 0 Å². The van der Waals surface area contributed by atoms with E-state index in [0.29, 0.717) is 5.69 Å². The summed E-state index contributed by atoms with van der Waals surface area (Å²) in [5, 5.41) is 21.5. The van der Waals surface area contributed by atoms with Crippen LogP contribution >= 0.6 is 11.3 Å². The Bertz CT molecular complexity index is 672. The molecule has 0 aliphatic carbocycles. The monoisotopic (exact) mass is 274 g/mol. The Balaban J connectivity index is 2.11. The van der Waals surface area contributed by atoms with Crippen LogP contribution in [0.1, 0.15) is 15.4 Å². The van der Waals surface area contributed by atoms with Gasteiger partial charge in [0.05, 0.1) is 21.7 Å². The van der Waals surface area contributed by atoms with E-state index in [1.807, 2.05) is 6.07 Å². The number of carbonyl (C=O) groups is 1. The molecular weight excluding hydrogens is 268 g/mol. The first-order valence-electron chi connectivity index (χ1n) is 5.02. The molecule has 1 N–H and O–H groups in total. The Kier molecular flexibility index (Phi) is 3.49. The summed E-state index contributed by atoms with van der Waals surface area (Å²) in [5.74, 6) is -0.454. The summed E-state index contributed by atoms with van der Waals surface area (Å²) >= 11 is 0.792. The molecule has 2 aromatic heterocycles. The van der Waals surface area contributed by atoms with Crippen LogP contribution in [0.2, 0.25) is 0 Å². The maximum atomic E-state index is 11.8. The molecule has 0 saturated heterocycles. The third-order valence-electron chi connectivity index (χ3n) is 2.13. The number of nitrogens with zero attached hydrogens (tertiary/aromatic N) is 3. The van der Waals surface area contributed by atoms with E-state index in [4.69, 9.17) is 5.26 Å². The van der Waals surface area contributed by atoms with Crippen molar-refractivity contribution in [1.82, 2.24) is 4.98 Å². The first-order valence-corrected chi connectivity index (χ1v) is 5.83. The van der Waals surface area contributed by atoms with Crippen LogP contribution in [0.3, 0.4) is 0 Å². The van der Waals surface area contributed by atoms with Gasteiger partial charge in [-0.1, -0.05) is 11.3 Å². The second-order valence-electron chi connectivity index (χ2n) is 3.39.